The third-order valence-corrected chi connectivity index (χ3v) is 10.00. The van der Waals surface area contributed by atoms with Crippen molar-refractivity contribution in [2.45, 2.75) is 38.5 Å². The van der Waals surface area contributed by atoms with Gasteiger partial charge in [-0.2, -0.15) is 0 Å². The summed E-state index contributed by atoms with van der Waals surface area (Å²) in [6, 6.07) is 33.7. The molecule has 0 bridgehead atoms. The summed E-state index contributed by atoms with van der Waals surface area (Å²) in [7, 11) is 2.26. The monoisotopic (exact) mass is 549 g/mol. The molecule has 4 aromatic carbocycles. The number of aryl methyl sites for hydroxylation is 2. The standard InChI is InChI=1S/C39H35NS/c1-3-27-15-7-8-18-29(27)31-20-9-10-21-32(31)33-22-13-23-34-38-36(25-14-26-37(38)41-39(33)34)40(2)35-24-12-11-19-30(35)28-16-5-4-6-17-28/h4-13,15-16,18-25,28H,3,14,17,26H2,1-2H3. The average Bonchev–Trinajstić information content (AvgIpc) is 3.44. The van der Waals surface area contributed by atoms with Gasteiger partial charge in [0, 0.05) is 50.4 Å². The first-order chi connectivity index (χ1) is 20.2. The van der Waals surface area contributed by atoms with E-state index >= 15 is 0 Å². The molecule has 0 saturated heterocycles. The molecule has 1 atom stereocenters. The molecule has 5 aromatic rings. The summed E-state index contributed by atoms with van der Waals surface area (Å²) in [5, 5.41) is 1.37. The number of fused-ring (bicyclic) bond motifs is 3. The van der Waals surface area contributed by atoms with Crippen LogP contribution in [-0.2, 0) is 12.8 Å². The second-order valence-corrected chi connectivity index (χ2v) is 12.1. The lowest BCUT2D eigenvalue weighted by Crippen LogP contribution is -2.20. The van der Waals surface area contributed by atoms with Gasteiger partial charge in [0.25, 0.3) is 0 Å². The molecular formula is C39H35NS. The van der Waals surface area contributed by atoms with Crippen LogP contribution >= 0.6 is 11.3 Å². The summed E-state index contributed by atoms with van der Waals surface area (Å²) < 4.78 is 1.40. The van der Waals surface area contributed by atoms with Gasteiger partial charge in [0.1, 0.15) is 0 Å². The second-order valence-electron chi connectivity index (χ2n) is 11.0. The van der Waals surface area contributed by atoms with Gasteiger partial charge in [-0.3, -0.25) is 0 Å². The van der Waals surface area contributed by atoms with Crippen molar-refractivity contribution in [3.63, 3.8) is 0 Å². The molecule has 0 N–H and O–H groups in total. The van der Waals surface area contributed by atoms with E-state index < -0.39 is 0 Å². The molecule has 41 heavy (non-hydrogen) atoms. The third-order valence-electron chi connectivity index (χ3n) is 8.70. The van der Waals surface area contributed by atoms with Gasteiger partial charge in [-0.25, -0.2) is 0 Å². The quantitative estimate of drug-likeness (QED) is 0.204. The molecular weight excluding hydrogens is 515 g/mol. The van der Waals surface area contributed by atoms with Crippen LogP contribution in [0.15, 0.2) is 121 Å². The number of anilines is 1. The predicted molar refractivity (Wildman–Crippen MR) is 179 cm³/mol. The van der Waals surface area contributed by atoms with E-state index in [-0.39, 0.29) is 0 Å². The molecule has 0 spiro atoms. The van der Waals surface area contributed by atoms with Crippen LogP contribution in [0.1, 0.15) is 47.3 Å². The Morgan fingerprint density at radius 2 is 1.51 bits per heavy atom. The minimum atomic E-state index is 0.413. The summed E-state index contributed by atoms with van der Waals surface area (Å²) in [6.45, 7) is 2.25. The Bertz CT molecular complexity index is 1830. The molecule has 202 valence electrons. The van der Waals surface area contributed by atoms with Gasteiger partial charge >= 0.3 is 0 Å². The van der Waals surface area contributed by atoms with Crippen LogP contribution in [0.25, 0.3) is 38.0 Å². The first-order valence-corrected chi connectivity index (χ1v) is 15.6. The van der Waals surface area contributed by atoms with Gasteiger partial charge < -0.3 is 4.90 Å². The van der Waals surface area contributed by atoms with Crippen LogP contribution in [0.4, 0.5) is 5.69 Å². The maximum Gasteiger partial charge on any atom is 0.0458 e. The minimum Gasteiger partial charge on any atom is -0.344 e. The Labute approximate surface area is 247 Å². The Balaban J connectivity index is 1.35. The molecule has 1 aromatic heterocycles. The molecule has 1 heterocycles. The number of allylic oxidation sites excluding steroid dienone is 5. The Morgan fingerprint density at radius 1 is 0.780 bits per heavy atom. The molecule has 1 unspecified atom stereocenters. The number of hydrogen-bond donors (Lipinski definition) is 0. The van der Waals surface area contributed by atoms with Gasteiger partial charge in [0.15, 0.2) is 0 Å². The zero-order chi connectivity index (χ0) is 27.8. The molecule has 2 aliphatic rings. The largest absolute Gasteiger partial charge is 0.344 e. The molecule has 7 rings (SSSR count). The smallest absolute Gasteiger partial charge is 0.0458 e. The van der Waals surface area contributed by atoms with E-state index in [9.17, 15) is 0 Å². The first-order valence-electron chi connectivity index (χ1n) is 14.8. The predicted octanol–water partition coefficient (Wildman–Crippen LogP) is 10.8. The number of hydrogen-bond acceptors (Lipinski definition) is 2. The Morgan fingerprint density at radius 3 is 2.32 bits per heavy atom. The highest BCUT2D eigenvalue weighted by Crippen LogP contribution is 2.47. The topological polar surface area (TPSA) is 3.24 Å². The van der Waals surface area contributed by atoms with Crippen molar-refractivity contribution in [3.8, 4) is 22.3 Å². The SMILES string of the molecule is CCc1ccccc1-c1ccccc1-c1cccc2c3c(sc12)CCC=C3N(C)c1ccccc1C1C=CC=CC1. The normalized spacial score (nSPS) is 16.0. The fourth-order valence-corrected chi connectivity index (χ4v) is 8.03. The van der Waals surface area contributed by atoms with E-state index in [1.807, 2.05) is 11.3 Å². The van der Waals surface area contributed by atoms with Gasteiger partial charge in [-0.15, -0.1) is 11.3 Å². The second kappa shape index (κ2) is 11.0. The lowest BCUT2D eigenvalue weighted by Gasteiger charge is -2.30. The number of nitrogens with zero attached hydrogens (tertiary/aromatic N) is 1. The molecule has 0 saturated carbocycles. The third kappa shape index (κ3) is 4.57. The molecule has 1 nitrogen and oxygen atoms in total. The number of para-hydroxylation sites is 1. The van der Waals surface area contributed by atoms with Gasteiger partial charge in [0.05, 0.1) is 0 Å². The Hall–Kier alpha value is -4.14. The maximum absolute atomic E-state index is 2.46. The fraction of sp³-hybridized carbons (Fsp3) is 0.179. The van der Waals surface area contributed by atoms with E-state index in [2.05, 4.69) is 140 Å². The summed E-state index contributed by atoms with van der Waals surface area (Å²) in [6.07, 6.45) is 15.7. The fourth-order valence-electron chi connectivity index (χ4n) is 6.68. The van der Waals surface area contributed by atoms with E-state index in [0.29, 0.717) is 5.92 Å². The van der Waals surface area contributed by atoms with E-state index in [0.717, 1.165) is 25.7 Å². The molecule has 2 aliphatic carbocycles. The van der Waals surface area contributed by atoms with E-state index in [4.69, 9.17) is 0 Å². The summed E-state index contributed by atoms with van der Waals surface area (Å²) in [5.74, 6) is 0.413. The van der Waals surface area contributed by atoms with Crippen LogP contribution in [0.5, 0.6) is 0 Å². The van der Waals surface area contributed by atoms with Crippen LogP contribution in [-0.4, -0.2) is 7.05 Å². The molecule has 0 radical (unpaired) electrons. The van der Waals surface area contributed by atoms with Crippen molar-refractivity contribution in [2.75, 3.05) is 11.9 Å². The van der Waals surface area contributed by atoms with Crippen LogP contribution in [0.2, 0.25) is 0 Å². The average molecular weight is 550 g/mol. The van der Waals surface area contributed by atoms with Crippen LogP contribution in [0.3, 0.4) is 0 Å². The highest BCUT2D eigenvalue weighted by atomic mass is 32.1. The van der Waals surface area contributed by atoms with Crippen molar-refractivity contribution >= 4 is 32.8 Å². The lowest BCUT2D eigenvalue weighted by molar-refractivity contribution is 0.850. The van der Waals surface area contributed by atoms with Crippen molar-refractivity contribution in [1.29, 1.82) is 0 Å². The summed E-state index contributed by atoms with van der Waals surface area (Å²) in [5.41, 5.74) is 12.2. The van der Waals surface area contributed by atoms with Crippen molar-refractivity contribution in [3.05, 3.63) is 143 Å². The summed E-state index contributed by atoms with van der Waals surface area (Å²) >= 11 is 2.00. The van der Waals surface area contributed by atoms with E-state index in [1.54, 1.807) is 0 Å². The highest BCUT2D eigenvalue weighted by molar-refractivity contribution is 7.20. The first kappa shape index (κ1) is 25.8. The van der Waals surface area contributed by atoms with Crippen molar-refractivity contribution in [2.24, 2.45) is 0 Å². The maximum atomic E-state index is 2.46. The lowest BCUT2D eigenvalue weighted by atomic mass is 9.89. The minimum absolute atomic E-state index is 0.413. The van der Waals surface area contributed by atoms with Crippen LogP contribution < -0.4 is 4.90 Å². The van der Waals surface area contributed by atoms with Crippen LogP contribution in [0, 0.1) is 0 Å². The Kier molecular flexibility index (Phi) is 6.94. The highest BCUT2D eigenvalue weighted by Gasteiger charge is 2.26. The molecule has 0 fully saturated rings. The molecule has 0 amide bonds. The summed E-state index contributed by atoms with van der Waals surface area (Å²) in [4.78, 5) is 3.95. The van der Waals surface area contributed by atoms with Gasteiger partial charge in [-0.1, -0.05) is 122 Å². The number of rotatable bonds is 6. The van der Waals surface area contributed by atoms with Crippen molar-refractivity contribution in [1.82, 2.24) is 0 Å². The number of benzene rings is 4. The van der Waals surface area contributed by atoms with Crippen molar-refractivity contribution < 1.29 is 0 Å². The number of thiophene rings is 1. The van der Waals surface area contributed by atoms with Gasteiger partial charge in [0.2, 0.25) is 0 Å². The zero-order valence-corrected chi connectivity index (χ0v) is 24.6. The van der Waals surface area contributed by atoms with Gasteiger partial charge in [-0.05, 0) is 59.6 Å². The van der Waals surface area contributed by atoms with E-state index in [1.165, 1.54) is 65.3 Å². The molecule has 0 aliphatic heterocycles. The molecule has 2 heteroatoms. The zero-order valence-electron chi connectivity index (χ0n) is 23.8.